The van der Waals surface area contributed by atoms with Crippen LogP contribution in [0.2, 0.25) is 0 Å². The first kappa shape index (κ1) is 12.3. The third kappa shape index (κ3) is 3.75. The first-order valence-electron chi connectivity index (χ1n) is 4.48. The van der Waals surface area contributed by atoms with E-state index >= 15 is 0 Å². The second kappa shape index (κ2) is 5.33. The molecule has 0 unspecified atom stereocenters. The van der Waals surface area contributed by atoms with Gasteiger partial charge in [0, 0.05) is 0 Å². The Hall–Kier alpha value is -1.80. The van der Waals surface area contributed by atoms with E-state index in [0.717, 1.165) is 0 Å². The van der Waals surface area contributed by atoms with Crippen molar-refractivity contribution in [3.63, 3.8) is 0 Å². The predicted octanol–water partition coefficient (Wildman–Crippen LogP) is 0.938. The molecule has 5 heteroatoms. The summed E-state index contributed by atoms with van der Waals surface area (Å²) in [6, 6.07) is 7.92. The highest BCUT2D eigenvalue weighted by atomic mass is 32.2. The van der Waals surface area contributed by atoms with Crippen LogP contribution in [-0.4, -0.2) is 25.2 Å². The number of sulfone groups is 1. The molecule has 0 fully saturated rings. The maximum absolute atomic E-state index is 11.6. The molecule has 0 bridgehead atoms. The molecule has 0 aliphatic carbocycles. The molecule has 1 rings (SSSR count). The number of aliphatic carboxylic acids is 1. The minimum atomic E-state index is -3.42. The van der Waals surface area contributed by atoms with E-state index in [2.05, 4.69) is 11.8 Å². The van der Waals surface area contributed by atoms with Gasteiger partial charge in [0.25, 0.3) is 0 Å². The molecule has 84 valence electrons. The van der Waals surface area contributed by atoms with Crippen LogP contribution in [0.4, 0.5) is 0 Å². The first-order valence-corrected chi connectivity index (χ1v) is 6.13. The zero-order valence-electron chi connectivity index (χ0n) is 8.38. The first-order chi connectivity index (χ1) is 7.52. The van der Waals surface area contributed by atoms with Crippen LogP contribution in [0.15, 0.2) is 35.2 Å². The summed E-state index contributed by atoms with van der Waals surface area (Å²) in [5, 5.41) is 8.31. The minimum Gasteiger partial charge on any atom is -0.481 e. The van der Waals surface area contributed by atoms with Crippen molar-refractivity contribution in [2.75, 3.05) is 5.75 Å². The lowest BCUT2D eigenvalue weighted by Crippen LogP contribution is -2.04. The van der Waals surface area contributed by atoms with Crippen LogP contribution in [-0.2, 0) is 14.6 Å². The maximum Gasteiger partial charge on any atom is 0.315 e. The van der Waals surface area contributed by atoms with Crippen molar-refractivity contribution >= 4 is 15.8 Å². The number of carboxylic acid groups (broad SMARTS) is 1. The van der Waals surface area contributed by atoms with Crippen molar-refractivity contribution < 1.29 is 18.3 Å². The van der Waals surface area contributed by atoms with Crippen LogP contribution >= 0.6 is 0 Å². The fourth-order valence-electron chi connectivity index (χ4n) is 0.995. The fourth-order valence-corrected chi connectivity index (χ4v) is 2.03. The van der Waals surface area contributed by atoms with Crippen molar-refractivity contribution in [3.05, 3.63) is 30.3 Å². The summed E-state index contributed by atoms with van der Waals surface area (Å²) in [6.07, 6.45) is -0.343. The molecule has 0 spiro atoms. The molecule has 0 aliphatic heterocycles. The molecule has 0 radical (unpaired) electrons. The molecule has 0 aromatic heterocycles. The predicted molar refractivity (Wildman–Crippen MR) is 58.5 cm³/mol. The van der Waals surface area contributed by atoms with Crippen LogP contribution in [0.3, 0.4) is 0 Å². The summed E-state index contributed by atoms with van der Waals surface area (Å²) in [4.78, 5) is 10.3. The third-order valence-corrected chi connectivity index (χ3v) is 3.24. The van der Waals surface area contributed by atoms with Gasteiger partial charge in [0.15, 0.2) is 9.84 Å². The zero-order valence-corrected chi connectivity index (χ0v) is 9.20. The summed E-state index contributed by atoms with van der Waals surface area (Å²) in [7, 11) is -3.42. The molecule has 0 amide bonds. The Morgan fingerprint density at radius 1 is 1.19 bits per heavy atom. The lowest BCUT2D eigenvalue weighted by Gasteiger charge is -1.98. The van der Waals surface area contributed by atoms with Gasteiger partial charge in [-0.15, -0.1) is 0 Å². The van der Waals surface area contributed by atoms with Crippen LogP contribution in [0.25, 0.3) is 0 Å². The summed E-state index contributed by atoms with van der Waals surface area (Å²) in [5.74, 6) is 3.20. The fraction of sp³-hybridized carbons (Fsp3) is 0.182. The minimum absolute atomic E-state index is 0.194. The van der Waals surface area contributed by atoms with Gasteiger partial charge in [0.2, 0.25) is 0 Å². The largest absolute Gasteiger partial charge is 0.481 e. The van der Waals surface area contributed by atoms with Gasteiger partial charge in [-0.1, -0.05) is 30.0 Å². The third-order valence-electron chi connectivity index (χ3n) is 1.73. The average Bonchev–Trinajstić information content (AvgIpc) is 2.26. The second-order valence-electron chi connectivity index (χ2n) is 3.00. The highest BCUT2D eigenvalue weighted by Crippen LogP contribution is 2.08. The molecule has 4 nitrogen and oxygen atoms in total. The monoisotopic (exact) mass is 238 g/mol. The van der Waals surface area contributed by atoms with Gasteiger partial charge in [0.1, 0.15) is 12.2 Å². The molecule has 1 aromatic rings. The normalized spacial score (nSPS) is 10.2. The quantitative estimate of drug-likeness (QED) is 0.795. The molecule has 0 heterocycles. The number of carboxylic acids is 1. The molecule has 0 saturated carbocycles. The Bertz CT molecular complexity index is 520. The highest BCUT2D eigenvalue weighted by Gasteiger charge is 2.11. The Balaban J connectivity index is 2.73. The van der Waals surface area contributed by atoms with Crippen molar-refractivity contribution in [2.45, 2.75) is 11.3 Å². The zero-order chi connectivity index (χ0) is 12.0. The van der Waals surface area contributed by atoms with Crippen LogP contribution in [0.5, 0.6) is 0 Å². The van der Waals surface area contributed by atoms with Gasteiger partial charge in [-0.2, -0.15) is 0 Å². The van der Waals surface area contributed by atoms with Crippen molar-refractivity contribution in [1.29, 1.82) is 0 Å². The molecule has 16 heavy (non-hydrogen) atoms. The molecular formula is C11H10O4S. The van der Waals surface area contributed by atoms with Crippen molar-refractivity contribution in [2.24, 2.45) is 0 Å². The highest BCUT2D eigenvalue weighted by molar-refractivity contribution is 7.91. The van der Waals surface area contributed by atoms with Gasteiger partial charge < -0.3 is 5.11 Å². The van der Waals surface area contributed by atoms with E-state index in [0.29, 0.717) is 0 Å². The summed E-state index contributed by atoms with van der Waals surface area (Å²) >= 11 is 0. The van der Waals surface area contributed by atoms with E-state index in [1.807, 2.05) is 0 Å². The maximum atomic E-state index is 11.6. The smallest absolute Gasteiger partial charge is 0.315 e. The topological polar surface area (TPSA) is 71.4 Å². The Morgan fingerprint density at radius 2 is 1.81 bits per heavy atom. The summed E-state index contributed by atoms with van der Waals surface area (Å²) < 4.78 is 23.3. The standard InChI is InChI=1S/C11H10O4S/c12-11(13)8-4-5-9-16(14,15)10-6-2-1-3-7-10/h1-3,6-7H,8-9H2,(H,12,13). The molecule has 1 N–H and O–H groups in total. The number of benzene rings is 1. The summed E-state index contributed by atoms with van der Waals surface area (Å²) in [6.45, 7) is 0. The number of hydrogen-bond donors (Lipinski definition) is 1. The van der Waals surface area contributed by atoms with Crippen molar-refractivity contribution in [1.82, 2.24) is 0 Å². The van der Waals surface area contributed by atoms with E-state index in [4.69, 9.17) is 5.11 Å². The summed E-state index contributed by atoms with van der Waals surface area (Å²) in [5.41, 5.74) is 0. The van der Waals surface area contributed by atoms with Crippen LogP contribution in [0, 0.1) is 11.8 Å². The van der Waals surface area contributed by atoms with Gasteiger partial charge >= 0.3 is 5.97 Å². The number of carbonyl (C=O) groups is 1. The average molecular weight is 238 g/mol. The SMILES string of the molecule is O=C(O)CC#CCS(=O)(=O)c1ccccc1. The molecule has 0 saturated heterocycles. The lowest BCUT2D eigenvalue weighted by atomic mass is 10.4. The Morgan fingerprint density at radius 3 is 2.38 bits per heavy atom. The van der Waals surface area contributed by atoms with Crippen LogP contribution in [0.1, 0.15) is 6.42 Å². The Kier molecular flexibility index (Phi) is 4.09. The van der Waals surface area contributed by atoms with Gasteiger partial charge in [-0.25, -0.2) is 8.42 Å². The number of rotatable bonds is 3. The molecule has 0 atom stereocenters. The van der Waals surface area contributed by atoms with Crippen molar-refractivity contribution in [3.8, 4) is 11.8 Å². The van der Waals surface area contributed by atoms with E-state index in [1.165, 1.54) is 12.1 Å². The van der Waals surface area contributed by atoms with Gasteiger partial charge in [-0.3, -0.25) is 4.79 Å². The number of hydrogen-bond acceptors (Lipinski definition) is 3. The van der Waals surface area contributed by atoms with E-state index in [9.17, 15) is 13.2 Å². The molecule has 1 aromatic carbocycles. The van der Waals surface area contributed by atoms with Gasteiger partial charge in [0.05, 0.1) is 4.90 Å². The van der Waals surface area contributed by atoms with E-state index < -0.39 is 15.8 Å². The second-order valence-corrected chi connectivity index (χ2v) is 4.99. The van der Waals surface area contributed by atoms with E-state index in [1.54, 1.807) is 18.2 Å². The molecule has 0 aliphatic rings. The van der Waals surface area contributed by atoms with Crippen LogP contribution < -0.4 is 0 Å². The Labute approximate surface area is 93.8 Å². The van der Waals surface area contributed by atoms with Gasteiger partial charge in [-0.05, 0) is 12.1 Å². The lowest BCUT2D eigenvalue weighted by molar-refractivity contribution is -0.135. The molecular weight excluding hydrogens is 228 g/mol. The van der Waals surface area contributed by atoms with E-state index in [-0.39, 0.29) is 17.1 Å².